The first-order valence-corrected chi connectivity index (χ1v) is 5.97. The Morgan fingerprint density at radius 3 is 2.39 bits per heavy atom. The van der Waals surface area contributed by atoms with Crippen molar-refractivity contribution in [2.24, 2.45) is 5.92 Å². The van der Waals surface area contributed by atoms with Gasteiger partial charge in [0.1, 0.15) is 0 Å². The third-order valence-corrected chi connectivity index (χ3v) is 3.02. The second kappa shape index (κ2) is 6.95. The number of urea groups is 1. The molecule has 0 spiro atoms. The van der Waals surface area contributed by atoms with Crippen LogP contribution in [0.3, 0.4) is 0 Å². The zero-order valence-electron chi connectivity index (χ0n) is 10.4. The van der Waals surface area contributed by atoms with Gasteiger partial charge in [-0.25, -0.2) is 4.79 Å². The maximum absolute atomic E-state index is 11.4. The zero-order valence-corrected chi connectivity index (χ0v) is 10.4. The number of hydrogen-bond acceptors (Lipinski definition) is 4. The van der Waals surface area contributed by atoms with Crippen LogP contribution in [0.2, 0.25) is 0 Å². The summed E-state index contributed by atoms with van der Waals surface area (Å²) in [6, 6.07) is -0.513. The summed E-state index contributed by atoms with van der Waals surface area (Å²) in [6.07, 6.45) is 1.75. The first-order valence-electron chi connectivity index (χ1n) is 5.97. The average molecular weight is 257 g/mol. The van der Waals surface area contributed by atoms with Crippen LogP contribution in [-0.2, 0) is 9.59 Å². The Balaban J connectivity index is 2.24. The van der Waals surface area contributed by atoms with Gasteiger partial charge < -0.3 is 10.4 Å². The van der Waals surface area contributed by atoms with Crippen LogP contribution < -0.4 is 10.6 Å². The van der Waals surface area contributed by atoms with Gasteiger partial charge in [-0.3, -0.25) is 19.8 Å². The quantitative estimate of drug-likeness (QED) is 0.638. The molecule has 1 heterocycles. The lowest BCUT2D eigenvalue weighted by atomic mass is 9.94. The van der Waals surface area contributed by atoms with E-state index < -0.39 is 12.0 Å². The molecule has 1 aliphatic rings. The number of hydrogen-bond donors (Lipinski definition) is 3. The average Bonchev–Trinajstić information content (AvgIpc) is 2.30. The number of amides is 3. The molecule has 7 heteroatoms. The van der Waals surface area contributed by atoms with Gasteiger partial charge >= 0.3 is 12.0 Å². The Morgan fingerprint density at radius 1 is 1.28 bits per heavy atom. The van der Waals surface area contributed by atoms with Crippen LogP contribution in [0.5, 0.6) is 0 Å². The standard InChI is InChI=1S/C11H19N3O4/c1-12-11(18)13-9(15)7-14-4-2-8(3-5-14)6-10(16)17/h8H,2-7H2,1H3,(H,16,17)(H2,12,13,15,18). The summed E-state index contributed by atoms with van der Waals surface area (Å²) in [6.45, 7) is 1.56. The second-order valence-electron chi connectivity index (χ2n) is 4.44. The lowest BCUT2D eigenvalue weighted by Gasteiger charge is -2.30. The van der Waals surface area contributed by atoms with E-state index in [1.54, 1.807) is 0 Å². The fraction of sp³-hybridized carbons (Fsp3) is 0.727. The summed E-state index contributed by atoms with van der Waals surface area (Å²) in [5.41, 5.74) is 0. The number of carboxylic acid groups (broad SMARTS) is 1. The Bertz CT molecular complexity index is 324. The van der Waals surface area contributed by atoms with Crippen molar-refractivity contribution in [1.29, 1.82) is 0 Å². The van der Waals surface area contributed by atoms with Crippen molar-refractivity contribution in [2.45, 2.75) is 19.3 Å². The topological polar surface area (TPSA) is 98.7 Å². The summed E-state index contributed by atoms with van der Waals surface area (Å²) in [4.78, 5) is 34.8. The second-order valence-corrected chi connectivity index (χ2v) is 4.44. The van der Waals surface area contributed by atoms with Crippen LogP contribution in [0.25, 0.3) is 0 Å². The Morgan fingerprint density at radius 2 is 1.89 bits per heavy atom. The number of carboxylic acids is 1. The molecule has 0 radical (unpaired) electrons. The van der Waals surface area contributed by atoms with Crippen molar-refractivity contribution in [3.63, 3.8) is 0 Å². The van der Waals surface area contributed by atoms with Crippen LogP contribution in [0.4, 0.5) is 4.79 Å². The number of carbonyl (C=O) groups is 3. The highest BCUT2D eigenvalue weighted by Gasteiger charge is 2.22. The molecule has 3 N–H and O–H groups in total. The Kier molecular flexibility index (Phi) is 5.57. The van der Waals surface area contributed by atoms with Gasteiger partial charge in [0, 0.05) is 13.5 Å². The predicted octanol–water partition coefficient (Wildman–Crippen LogP) is -0.371. The molecule has 1 fully saturated rings. The van der Waals surface area contributed by atoms with Gasteiger partial charge in [0.25, 0.3) is 0 Å². The lowest BCUT2D eigenvalue weighted by Crippen LogP contribution is -2.45. The van der Waals surface area contributed by atoms with Crippen LogP contribution in [-0.4, -0.2) is 54.6 Å². The molecule has 0 aromatic carbocycles. The van der Waals surface area contributed by atoms with E-state index in [4.69, 9.17) is 5.11 Å². The molecule has 18 heavy (non-hydrogen) atoms. The van der Waals surface area contributed by atoms with Crippen molar-refractivity contribution in [1.82, 2.24) is 15.5 Å². The molecular weight excluding hydrogens is 238 g/mol. The molecule has 3 amide bonds. The summed E-state index contributed by atoms with van der Waals surface area (Å²) >= 11 is 0. The van der Waals surface area contributed by atoms with Gasteiger partial charge in [0.2, 0.25) is 5.91 Å². The van der Waals surface area contributed by atoms with Crippen molar-refractivity contribution in [2.75, 3.05) is 26.7 Å². The predicted molar refractivity (Wildman–Crippen MR) is 64.0 cm³/mol. The van der Waals surface area contributed by atoms with E-state index in [2.05, 4.69) is 10.6 Å². The van der Waals surface area contributed by atoms with E-state index >= 15 is 0 Å². The van der Waals surface area contributed by atoms with E-state index in [0.29, 0.717) is 13.1 Å². The van der Waals surface area contributed by atoms with Gasteiger partial charge in [-0.2, -0.15) is 0 Å². The molecule has 0 aliphatic carbocycles. The van der Waals surface area contributed by atoms with E-state index in [-0.39, 0.29) is 24.8 Å². The van der Waals surface area contributed by atoms with Gasteiger partial charge in [0.05, 0.1) is 6.54 Å². The number of nitrogens with zero attached hydrogens (tertiary/aromatic N) is 1. The zero-order chi connectivity index (χ0) is 13.5. The van der Waals surface area contributed by atoms with E-state index in [1.165, 1.54) is 7.05 Å². The number of imide groups is 1. The summed E-state index contributed by atoms with van der Waals surface area (Å²) in [7, 11) is 1.44. The molecule has 1 saturated heterocycles. The summed E-state index contributed by atoms with van der Waals surface area (Å²) in [5, 5.41) is 13.2. The molecule has 0 unspecified atom stereocenters. The minimum absolute atomic E-state index is 0.174. The number of piperidine rings is 1. The fourth-order valence-electron chi connectivity index (χ4n) is 2.03. The van der Waals surface area contributed by atoms with Crippen molar-refractivity contribution in [3.8, 4) is 0 Å². The van der Waals surface area contributed by atoms with E-state index in [0.717, 1.165) is 12.8 Å². The molecule has 0 aromatic heterocycles. The number of aliphatic carboxylic acids is 1. The highest BCUT2D eigenvalue weighted by atomic mass is 16.4. The lowest BCUT2D eigenvalue weighted by molar-refractivity contribution is -0.138. The number of nitrogens with one attached hydrogen (secondary N) is 2. The molecule has 0 aromatic rings. The third-order valence-electron chi connectivity index (χ3n) is 3.02. The molecule has 0 saturated carbocycles. The monoisotopic (exact) mass is 257 g/mol. The van der Waals surface area contributed by atoms with E-state index in [1.807, 2.05) is 4.90 Å². The van der Waals surface area contributed by atoms with E-state index in [9.17, 15) is 14.4 Å². The smallest absolute Gasteiger partial charge is 0.321 e. The van der Waals surface area contributed by atoms with Crippen LogP contribution in [0, 0.1) is 5.92 Å². The molecule has 7 nitrogen and oxygen atoms in total. The minimum atomic E-state index is -0.772. The van der Waals surface area contributed by atoms with Crippen molar-refractivity contribution < 1.29 is 19.5 Å². The van der Waals surface area contributed by atoms with Crippen LogP contribution in [0.15, 0.2) is 0 Å². The van der Waals surface area contributed by atoms with Crippen LogP contribution in [0.1, 0.15) is 19.3 Å². The van der Waals surface area contributed by atoms with Crippen molar-refractivity contribution in [3.05, 3.63) is 0 Å². The van der Waals surface area contributed by atoms with Crippen molar-refractivity contribution >= 4 is 17.9 Å². The molecule has 1 aliphatic heterocycles. The molecule has 1 rings (SSSR count). The maximum Gasteiger partial charge on any atom is 0.321 e. The van der Waals surface area contributed by atoms with Crippen LogP contribution >= 0.6 is 0 Å². The largest absolute Gasteiger partial charge is 0.481 e. The number of rotatable bonds is 4. The molecule has 0 bridgehead atoms. The number of carbonyl (C=O) groups excluding carboxylic acids is 2. The molecular formula is C11H19N3O4. The van der Waals surface area contributed by atoms with Gasteiger partial charge in [-0.1, -0.05) is 0 Å². The first kappa shape index (κ1) is 14.4. The van der Waals surface area contributed by atoms with Gasteiger partial charge in [-0.05, 0) is 31.8 Å². The normalized spacial score (nSPS) is 17.2. The molecule has 0 atom stereocenters. The summed E-state index contributed by atoms with van der Waals surface area (Å²) in [5.74, 6) is -0.919. The highest BCUT2D eigenvalue weighted by Crippen LogP contribution is 2.19. The highest BCUT2D eigenvalue weighted by molar-refractivity contribution is 5.95. The fourth-order valence-corrected chi connectivity index (χ4v) is 2.03. The summed E-state index contributed by atoms with van der Waals surface area (Å²) < 4.78 is 0. The SMILES string of the molecule is CNC(=O)NC(=O)CN1CCC(CC(=O)O)CC1. The Labute approximate surface area is 106 Å². The maximum atomic E-state index is 11.4. The van der Waals surface area contributed by atoms with Gasteiger partial charge in [0.15, 0.2) is 0 Å². The Hall–Kier alpha value is -1.63. The molecule has 102 valence electrons. The third kappa shape index (κ3) is 5.13. The van der Waals surface area contributed by atoms with Gasteiger partial charge in [-0.15, -0.1) is 0 Å². The minimum Gasteiger partial charge on any atom is -0.481 e. The number of likely N-dealkylation sites (tertiary alicyclic amines) is 1. The first-order chi connectivity index (χ1) is 8.51.